The molecule has 1 unspecified atom stereocenters. The first-order valence-electron chi connectivity index (χ1n) is 10.0. The number of nitrogens with zero attached hydrogens (tertiary/aromatic N) is 2. The maximum Gasteiger partial charge on any atom is 0.263 e. The van der Waals surface area contributed by atoms with Gasteiger partial charge in [-0.1, -0.05) is 18.6 Å². The quantitative estimate of drug-likeness (QED) is 0.679. The molecule has 0 bridgehead atoms. The van der Waals surface area contributed by atoms with E-state index in [1.54, 1.807) is 29.5 Å². The van der Waals surface area contributed by atoms with E-state index in [9.17, 15) is 13.2 Å². The minimum absolute atomic E-state index is 0.238. The number of carbonyl (C=O) groups is 1. The third kappa shape index (κ3) is 4.38. The van der Waals surface area contributed by atoms with E-state index in [4.69, 9.17) is 0 Å². The van der Waals surface area contributed by atoms with Gasteiger partial charge in [0.2, 0.25) is 5.91 Å². The third-order valence-electron chi connectivity index (χ3n) is 5.48. The second-order valence-electron chi connectivity index (χ2n) is 7.44. The molecular weight excluding hydrogens is 406 g/mol. The van der Waals surface area contributed by atoms with Crippen LogP contribution in [0.4, 0.5) is 0 Å². The first-order chi connectivity index (χ1) is 14.1. The number of unbranched alkanes of at least 4 members (excludes halogenated alkanes) is 2. The van der Waals surface area contributed by atoms with Gasteiger partial charge in [-0.3, -0.25) is 14.5 Å². The van der Waals surface area contributed by atoms with Crippen molar-refractivity contribution in [3.63, 3.8) is 0 Å². The Kier molecular flexibility index (Phi) is 6.01. The van der Waals surface area contributed by atoms with Gasteiger partial charge < -0.3 is 4.90 Å². The summed E-state index contributed by atoms with van der Waals surface area (Å²) in [6.07, 6.45) is 5.24. The van der Waals surface area contributed by atoms with Crippen molar-refractivity contribution in [1.82, 2.24) is 9.62 Å². The van der Waals surface area contributed by atoms with Crippen LogP contribution in [0, 0.1) is 0 Å². The lowest BCUT2D eigenvalue weighted by atomic mass is 10.1. The molecule has 0 radical (unpaired) electrons. The van der Waals surface area contributed by atoms with Crippen LogP contribution < -0.4 is 4.72 Å². The lowest BCUT2D eigenvalue weighted by molar-refractivity contribution is -0.132. The number of amidine groups is 1. The van der Waals surface area contributed by atoms with Crippen molar-refractivity contribution in [2.45, 2.75) is 49.5 Å². The predicted octanol–water partition coefficient (Wildman–Crippen LogP) is 3.71. The summed E-state index contributed by atoms with van der Waals surface area (Å²) in [5.74, 6) is 0.662. The average molecular weight is 432 g/mol. The number of hydrogen-bond donors (Lipinski definition) is 1. The van der Waals surface area contributed by atoms with Crippen LogP contribution >= 0.6 is 11.3 Å². The molecule has 2 aromatic rings. The zero-order chi connectivity index (χ0) is 20.3. The summed E-state index contributed by atoms with van der Waals surface area (Å²) in [6.45, 7) is 1.40. The summed E-state index contributed by atoms with van der Waals surface area (Å²) in [5, 5.41) is 4.21. The number of aliphatic imine (C=N–C) groups is 1. The van der Waals surface area contributed by atoms with Gasteiger partial charge in [0.15, 0.2) is 0 Å². The van der Waals surface area contributed by atoms with E-state index in [0.717, 1.165) is 38.6 Å². The number of sulfonamides is 1. The van der Waals surface area contributed by atoms with Gasteiger partial charge in [-0.2, -0.15) is 11.3 Å². The molecule has 2 aliphatic heterocycles. The Bertz CT molecular complexity index is 1000. The minimum atomic E-state index is -3.48. The number of benzene rings is 1. The van der Waals surface area contributed by atoms with E-state index in [1.165, 1.54) is 5.56 Å². The van der Waals surface area contributed by atoms with Crippen molar-refractivity contribution in [2.75, 3.05) is 13.1 Å². The normalized spacial score (nSPS) is 21.3. The molecule has 154 valence electrons. The predicted molar refractivity (Wildman–Crippen MR) is 115 cm³/mol. The van der Waals surface area contributed by atoms with Crippen LogP contribution in [0.15, 0.2) is 51.0 Å². The number of thiophene rings is 1. The Balaban J connectivity index is 1.23. The summed E-state index contributed by atoms with van der Waals surface area (Å²) in [7, 11) is -3.48. The van der Waals surface area contributed by atoms with Crippen LogP contribution in [0.1, 0.15) is 55.7 Å². The highest BCUT2D eigenvalue weighted by Gasteiger charge is 2.30. The van der Waals surface area contributed by atoms with E-state index in [1.807, 2.05) is 11.0 Å². The average Bonchev–Trinajstić information content (AvgIpc) is 3.44. The molecule has 1 saturated heterocycles. The van der Waals surface area contributed by atoms with Crippen LogP contribution in [0.2, 0.25) is 0 Å². The standard InChI is InChI=1S/C21H25N3O3S2/c25-20(24-13-6-8-18(24)16-11-14-28-15-16)10-2-1-5-12-22-21-17-7-3-4-9-19(17)29(26,27)23-21/h3-4,7,9,11,14-15,18H,1-2,5-6,8,10,12-13H2,(H,22,23). The first kappa shape index (κ1) is 20.1. The van der Waals surface area contributed by atoms with Crippen LogP contribution in [0.5, 0.6) is 0 Å². The van der Waals surface area contributed by atoms with Crippen molar-refractivity contribution in [3.05, 3.63) is 52.2 Å². The Morgan fingerprint density at radius 3 is 2.90 bits per heavy atom. The molecule has 3 heterocycles. The van der Waals surface area contributed by atoms with Gasteiger partial charge in [0.1, 0.15) is 5.84 Å². The zero-order valence-corrected chi connectivity index (χ0v) is 17.8. The number of carbonyl (C=O) groups excluding carboxylic acids is 1. The molecule has 0 saturated carbocycles. The summed E-state index contributed by atoms with van der Waals surface area (Å²) >= 11 is 1.68. The number of hydrogen-bond acceptors (Lipinski definition) is 5. The molecule has 0 aliphatic carbocycles. The van der Waals surface area contributed by atoms with Gasteiger partial charge in [0.05, 0.1) is 10.9 Å². The molecule has 1 amide bonds. The number of amides is 1. The lowest BCUT2D eigenvalue weighted by Crippen LogP contribution is -2.30. The smallest absolute Gasteiger partial charge is 0.263 e. The highest BCUT2D eigenvalue weighted by Crippen LogP contribution is 2.33. The fourth-order valence-corrected chi connectivity index (χ4v) is 5.98. The van der Waals surface area contributed by atoms with E-state index in [0.29, 0.717) is 24.4 Å². The molecule has 1 aromatic heterocycles. The topological polar surface area (TPSA) is 78.8 Å². The van der Waals surface area contributed by atoms with Crippen molar-refractivity contribution >= 4 is 33.1 Å². The largest absolute Gasteiger partial charge is 0.336 e. The molecule has 1 N–H and O–H groups in total. The second kappa shape index (κ2) is 8.67. The number of nitrogens with one attached hydrogen (secondary N) is 1. The lowest BCUT2D eigenvalue weighted by Gasteiger charge is -2.24. The SMILES string of the molecule is O=C(CCCCCN=C1NS(=O)(=O)c2ccccc21)N1CCCC1c1ccsc1. The molecule has 2 aliphatic rings. The monoisotopic (exact) mass is 431 g/mol. The Morgan fingerprint density at radius 1 is 1.21 bits per heavy atom. The molecule has 0 spiro atoms. The fourth-order valence-electron chi connectivity index (χ4n) is 4.03. The molecule has 1 fully saturated rings. The molecule has 1 atom stereocenters. The molecule has 4 rings (SSSR count). The van der Waals surface area contributed by atoms with Crippen molar-refractivity contribution in [2.24, 2.45) is 4.99 Å². The number of fused-ring (bicyclic) bond motifs is 1. The molecule has 29 heavy (non-hydrogen) atoms. The van der Waals surface area contributed by atoms with Crippen LogP contribution in [-0.2, 0) is 14.8 Å². The van der Waals surface area contributed by atoms with E-state index in [-0.39, 0.29) is 16.8 Å². The minimum Gasteiger partial charge on any atom is -0.336 e. The van der Waals surface area contributed by atoms with Gasteiger partial charge in [0, 0.05) is 25.1 Å². The Labute approximate surface area is 175 Å². The fraction of sp³-hybridized carbons (Fsp3) is 0.429. The van der Waals surface area contributed by atoms with Crippen LogP contribution in [0.3, 0.4) is 0 Å². The highest BCUT2D eigenvalue weighted by molar-refractivity contribution is 7.90. The van der Waals surface area contributed by atoms with E-state index < -0.39 is 10.0 Å². The first-order valence-corrected chi connectivity index (χ1v) is 12.5. The highest BCUT2D eigenvalue weighted by atomic mass is 32.2. The molecular formula is C21H25N3O3S2. The van der Waals surface area contributed by atoms with E-state index in [2.05, 4.69) is 26.5 Å². The van der Waals surface area contributed by atoms with Gasteiger partial charge in [-0.15, -0.1) is 0 Å². The number of likely N-dealkylation sites (tertiary alicyclic amines) is 1. The van der Waals surface area contributed by atoms with Gasteiger partial charge in [-0.25, -0.2) is 8.42 Å². The third-order valence-corrected chi connectivity index (χ3v) is 7.58. The summed E-state index contributed by atoms with van der Waals surface area (Å²) in [6, 6.07) is 9.24. The van der Waals surface area contributed by atoms with Gasteiger partial charge in [-0.05, 0) is 60.2 Å². The van der Waals surface area contributed by atoms with Crippen LogP contribution in [-0.4, -0.2) is 38.2 Å². The van der Waals surface area contributed by atoms with Crippen LogP contribution in [0.25, 0.3) is 0 Å². The molecule has 8 heteroatoms. The van der Waals surface area contributed by atoms with Gasteiger partial charge in [0.25, 0.3) is 10.0 Å². The zero-order valence-electron chi connectivity index (χ0n) is 16.2. The summed E-state index contributed by atoms with van der Waals surface area (Å²) < 4.78 is 26.7. The molecule has 6 nitrogen and oxygen atoms in total. The maximum atomic E-state index is 12.6. The summed E-state index contributed by atoms with van der Waals surface area (Å²) in [4.78, 5) is 19.4. The van der Waals surface area contributed by atoms with Crippen molar-refractivity contribution in [3.8, 4) is 0 Å². The molecule has 1 aromatic carbocycles. The maximum absolute atomic E-state index is 12.6. The second-order valence-corrected chi connectivity index (χ2v) is 9.88. The van der Waals surface area contributed by atoms with Gasteiger partial charge >= 0.3 is 0 Å². The van der Waals surface area contributed by atoms with Crippen molar-refractivity contribution in [1.29, 1.82) is 0 Å². The Morgan fingerprint density at radius 2 is 2.07 bits per heavy atom. The Hall–Kier alpha value is -2.19. The van der Waals surface area contributed by atoms with Crippen molar-refractivity contribution < 1.29 is 13.2 Å². The number of rotatable bonds is 7. The summed E-state index contributed by atoms with van der Waals surface area (Å²) in [5.41, 5.74) is 1.90. The van der Waals surface area contributed by atoms with E-state index >= 15 is 0 Å².